The van der Waals surface area contributed by atoms with Gasteiger partial charge in [0.05, 0.1) is 12.3 Å². The smallest absolute Gasteiger partial charge is 0.463 e. The number of pyridine rings is 1. The Labute approximate surface area is 141 Å². The standard InChI is InChI=1S/C15H12F3NO5S/c1-2-23-13(20)9-8-11-7-6-10-4-3-5-12(14(10)19-11)24-25(21,22)15(16,17)18/h3-9H,2H2,1H3. The van der Waals surface area contributed by atoms with Crippen molar-refractivity contribution in [1.29, 1.82) is 0 Å². The van der Waals surface area contributed by atoms with Gasteiger partial charge in [0.1, 0.15) is 5.52 Å². The molecule has 10 heteroatoms. The molecule has 0 unspecified atom stereocenters. The Morgan fingerprint density at radius 1 is 1.24 bits per heavy atom. The molecule has 0 atom stereocenters. The van der Waals surface area contributed by atoms with Crippen molar-refractivity contribution in [3.63, 3.8) is 0 Å². The summed E-state index contributed by atoms with van der Waals surface area (Å²) in [4.78, 5) is 15.3. The lowest BCUT2D eigenvalue weighted by atomic mass is 10.2. The number of ether oxygens (including phenoxy) is 1. The first kappa shape index (κ1) is 18.7. The number of fused-ring (bicyclic) bond motifs is 1. The molecule has 2 aromatic rings. The Kier molecular flexibility index (Phi) is 5.31. The van der Waals surface area contributed by atoms with E-state index < -0.39 is 27.3 Å². The van der Waals surface area contributed by atoms with Crippen LogP contribution in [0, 0.1) is 0 Å². The van der Waals surface area contributed by atoms with Crippen LogP contribution >= 0.6 is 0 Å². The Bertz CT molecular complexity index is 922. The zero-order valence-electron chi connectivity index (χ0n) is 12.8. The van der Waals surface area contributed by atoms with E-state index in [9.17, 15) is 26.4 Å². The van der Waals surface area contributed by atoms with Gasteiger partial charge in [-0.1, -0.05) is 18.2 Å². The number of nitrogens with zero attached hydrogens (tertiary/aromatic N) is 1. The summed E-state index contributed by atoms with van der Waals surface area (Å²) >= 11 is 0. The van der Waals surface area contributed by atoms with Gasteiger partial charge in [-0.2, -0.15) is 21.6 Å². The molecular weight excluding hydrogens is 363 g/mol. The molecule has 0 spiro atoms. The third-order valence-electron chi connectivity index (χ3n) is 2.86. The van der Waals surface area contributed by atoms with E-state index in [2.05, 4.69) is 9.17 Å². The number of para-hydroxylation sites is 1. The number of aromatic nitrogens is 1. The minimum Gasteiger partial charge on any atom is -0.463 e. The van der Waals surface area contributed by atoms with Gasteiger partial charge < -0.3 is 8.92 Å². The monoisotopic (exact) mass is 375 g/mol. The van der Waals surface area contributed by atoms with E-state index in [0.717, 1.165) is 12.1 Å². The highest BCUT2D eigenvalue weighted by atomic mass is 32.2. The van der Waals surface area contributed by atoms with Crippen molar-refractivity contribution < 1.29 is 35.3 Å². The second-order valence-corrected chi connectivity index (χ2v) is 6.17. The zero-order chi connectivity index (χ0) is 18.7. The highest BCUT2D eigenvalue weighted by Crippen LogP contribution is 2.31. The third-order valence-corrected chi connectivity index (χ3v) is 3.83. The van der Waals surface area contributed by atoms with Crippen molar-refractivity contribution in [1.82, 2.24) is 4.98 Å². The molecular formula is C15H12F3NO5S. The minimum absolute atomic E-state index is 0.0960. The molecule has 134 valence electrons. The van der Waals surface area contributed by atoms with E-state index in [1.165, 1.54) is 30.3 Å². The molecule has 1 aromatic heterocycles. The number of hydrogen-bond acceptors (Lipinski definition) is 6. The fraction of sp³-hybridized carbons (Fsp3) is 0.200. The number of carbonyl (C=O) groups excluding carboxylic acids is 1. The molecule has 0 N–H and O–H groups in total. The van der Waals surface area contributed by atoms with Gasteiger partial charge >= 0.3 is 21.6 Å². The number of rotatable bonds is 5. The number of halogens is 3. The molecule has 0 aliphatic carbocycles. The maximum Gasteiger partial charge on any atom is 0.534 e. The number of alkyl halides is 3. The largest absolute Gasteiger partial charge is 0.534 e. The lowest BCUT2D eigenvalue weighted by Gasteiger charge is -2.11. The van der Waals surface area contributed by atoms with Crippen molar-refractivity contribution in [2.24, 2.45) is 0 Å². The predicted molar refractivity (Wildman–Crippen MR) is 83.0 cm³/mol. The number of carbonyl (C=O) groups is 1. The number of benzene rings is 1. The van der Waals surface area contributed by atoms with Gasteiger partial charge in [-0.05, 0) is 25.1 Å². The first-order chi connectivity index (χ1) is 11.6. The molecule has 0 aliphatic heterocycles. The Balaban J connectivity index is 2.42. The molecule has 0 amide bonds. The summed E-state index contributed by atoms with van der Waals surface area (Å²) in [5.74, 6) is -1.19. The predicted octanol–water partition coefficient (Wildman–Crippen LogP) is 3.04. The van der Waals surface area contributed by atoms with Gasteiger partial charge in [-0.3, -0.25) is 0 Å². The van der Waals surface area contributed by atoms with Gasteiger partial charge in [0.15, 0.2) is 5.75 Å². The highest BCUT2D eigenvalue weighted by molar-refractivity contribution is 7.88. The SMILES string of the molecule is CCOC(=O)C=Cc1ccc2cccc(OS(=O)(=O)C(F)(F)F)c2n1. The Hall–Kier alpha value is -2.62. The topological polar surface area (TPSA) is 82.6 Å². The van der Waals surface area contributed by atoms with Crippen LogP contribution in [0.4, 0.5) is 13.2 Å². The highest BCUT2D eigenvalue weighted by Gasteiger charge is 2.48. The fourth-order valence-corrected chi connectivity index (χ4v) is 2.27. The van der Waals surface area contributed by atoms with Crippen LogP contribution < -0.4 is 4.18 Å². The summed E-state index contributed by atoms with van der Waals surface area (Å²) in [7, 11) is -5.82. The molecule has 25 heavy (non-hydrogen) atoms. The maximum absolute atomic E-state index is 12.5. The van der Waals surface area contributed by atoms with Crippen LogP contribution in [0.15, 0.2) is 36.4 Å². The van der Waals surface area contributed by atoms with E-state index >= 15 is 0 Å². The van der Waals surface area contributed by atoms with Crippen molar-refractivity contribution in [2.45, 2.75) is 12.4 Å². The molecule has 2 rings (SSSR count). The van der Waals surface area contributed by atoms with Gasteiger partial charge in [-0.15, -0.1) is 0 Å². The van der Waals surface area contributed by atoms with Gasteiger partial charge in [0, 0.05) is 11.5 Å². The molecule has 0 radical (unpaired) electrons. The van der Waals surface area contributed by atoms with Gasteiger partial charge in [0.25, 0.3) is 0 Å². The molecule has 1 heterocycles. The number of esters is 1. The molecule has 0 saturated carbocycles. The molecule has 0 bridgehead atoms. The first-order valence-electron chi connectivity index (χ1n) is 6.89. The Morgan fingerprint density at radius 2 is 1.96 bits per heavy atom. The summed E-state index contributed by atoms with van der Waals surface area (Å²) in [5, 5.41) is 0.364. The van der Waals surface area contributed by atoms with Crippen molar-refractivity contribution in [2.75, 3.05) is 6.61 Å². The van der Waals surface area contributed by atoms with E-state index in [1.54, 1.807) is 6.92 Å². The quantitative estimate of drug-likeness (QED) is 0.346. The minimum atomic E-state index is -5.82. The van der Waals surface area contributed by atoms with Crippen LogP contribution in [0.3, 0.4) is 0 Å². The van der Waals surface area contributed by atoms with Crippen LogP contribution in [0.5, 0.6) is 5.75 Å². The summed E-state index contributed by atoms with van der Waals surface area (Å²) in [6.07, 6.45) is 2.38. The third kappa shape index (κ3) is 4.47. The van der Waals surface area contributed by atoms with E-state index in [-0.39, 0.29) is 17.8 Å². The second-order valence-electron chi connectivity index (χ2n) is 4.63. The summed E-state index contributed by atoms with van der Waals surface area (Å²) in [5.41, 5.74) is -5.45. The van der Waals surface area contributed by atoms with E-state index in [4.69, 9.17) is 4.74 Å². The van der Waals surface area contributed by atoms with Crippen molar-refractivity contribution in [3.8, 4) is 5.75 Å². The summed E-state index contributed by atoms with van der Waals surface area (Å²) in [6, 6.07) is 6.91. The molecule has 6 nitrogen and oxygen atoms in total. The van der Waals surface area contributed by atoms with E-state index in [1.807, 2.05) is 0 Å². The van der Waals surface area contributed by atoms with Crippen molar-refractivity contribution in [3.05, 3.63) is 42.1 Å². The summed E-state index contributed by atoms with van der Waals surface area (Å²) < 4.78 is 68.7. The van der Waals surface area contributed by atoms with Crippen LogP contribution in [0.2, 0.25) is 0 Å². The lowest BCUT2D eigenvalue weighted by Crippen LogP contribution is -2.28. The van der Waals surface area contributed by atoms with Gasteiger partial charge in [-0.25, -0.2) is 9.78 Å². The average Bonchev–Trinajstić information content (AvgIpc) is 2.52. The zero-order valence-corrected chi connectivity index (χ0v) is 13.6. The average molecular weight is 375 g/mol. The van der Waals surface area contributed by atoms with Crippen LogP contribution in [0.25, 0.3) is 17.0 Å². The molecule has 1 aromatic carbocycles. The van der Waals surface area contributed by atoms with E-state index in [0.29, 0.717) is 5.39 Å². The maximum atomic E-state index is 12.5. The second kappa shape index (κ2) is 7.09. The first-order valence-corrected chi connectivity index (χ1v) is 8.30. The van der Waals surface area contributed by atoms with Crippen LogP contribution in [0.1, 0.15) is 12.6 Å². The molecule has 0 fully saturated rings. The van der Waals surface area contributed by atoms with Crippen LogP contribution in [-0.2, 0) is 19.6 Å². The van der Waals surface area contributed by atoms with Crippen LogP contribution in [-0.4, -0.2) is 31.5 Å². The van der Waals surface area contributed by atoms with Crippen molar-refractivity contribution >= 4 is 33.1 Å². The van der Waals surface area contributed by atoms with Gasteiger partial charge in [0.2, 0.25) is 0 Å². The molecule has 0 aliphatic rings. The fourth-order valence-electron chi connectivity index (χ4n) is 1.80. The summed E-state index contributed by atoms with van der Waals surface area (Å²) in [6.45, 7) is 1.81. The normalized spacial score (nSPS) is 12.5. The number of hydrogen-bond donors (Lipinski definition) is 0. The lowest BCUT2D eigenvalue weighted by molar-refractivity contribution is -0.137. The Morgan fingerprint density at radius 3 is 2.60 bits per heavy atom. The molecule has 0 saturated heterocycles.